The summed E-state index contributed by atoms with van der Waals surface area (Å²) in [5.74, 6) is -1.18. The number of nitrogens with one attached hydrogen (secondary N) is 2. The Morgan fingerprint density at radius 2 is 1.84 bits per heavy atom. The molecule has 0 saturated heterocycles. The maximum absolute atomic E-state index is 12.9. The van der Waals surface area contributed by atoms with Crippen LogP contribution >= 0.6 is 0 Å². The first kappa shape index (κ1) is 18.3. The van der Waals surface area contributed by atoms with Crippen LogP contribution in [0.2, 0.25) is 0 Å². The second-order valence-corrected chi connectivity index (χ2v) is 5.48. The predicted molar refractivity (Wildman–Crippen MR) is 90.9 cm³/mol. The number of carbonyl (C=O) groups is 2. The average molecular weight is 345 g/mol. The number of aromatic nitrogens is 2. The molecule has 1 atom stereocenters. The van der Waals surface area contributed by atoms with E-state index < -0.39 is 11.8 Å². The molecule has 0 bridgehead atoms. The lowest BCUT2D eigenvalue weighted by molar-refractivity contribution is -0.123. The average Bonchev–Trinajstić information content (AvgIpc) is 2.61. The fraction of sp³-hybridized carbons (Fsp3) is 0.294. The van der Waals surface area contributed by atoms with Crippen molar-refractivity contribution in [2.75, 3.05) is 18.4 Å². The molecule has 2 rings (SSSR count). The summed E-state index contributed by atoms with van der Waals surface area (Å²) >= 11 is 0. The predicted octanol–water partition coefficient (Wildman–Crippen LogP) is 0.878. The number of carbonyl (C=O) groups excluding carboxylic acids is 2. The molecule has 0 saturated carbocycles. The molecule has 0 unspecified atom stereocenters. The molecule has 0 fully saturated rings. The maximum Gasteiger partial charge on any atom is 0.222 e. The molecule has 7 nitrogen and oxygen atoms in total. The van der Waals surface area contributed by atoms with Gasteiger partial charge in [0.05, 0.1) is 5.92 Å². The zero-order chi connectivity index (χ0) is 18.1. The van der Waals surface area contributed by atoms with Crippen LogP contribution in [0, 0.1) is 11.7 Å². The van der Waals surface area contributed by atoms with Crippen molar-refractivity contribution in [3.63, 3.8) is 0 Å². The van der Waals surface area contributed by atoms with Crippen LogP contribution in [0.25, 0.3) is 0 Å². The van der Waals surface area contributed by atoms with Gasteiger partial charge in [0.1, 0.15) is 5.82 Å². The molecule has 0 aliphatic carbocycles. The van der Waals surface area contributed by atoms with Crippen molar-refractivity contribution in [1.82, 2.24) is 15.3 Å². The molecule has 1 aromatic carbocycles. The van der Waals surface area contributed by atoms with Gasteiger partial charge in [-0.25, -0.2) is 14.4 Å². The van der Waals surface area contributed by atoms with Crippen molar-refractivity contribution >= 4 is 17.8 Å². The van der Waals surface area contributed by atoms with E-state index in [1.807, 2.05) is 0 Å². The number of benzene rings is 1. The van der Waals surface area contributed by atoms with E-state index in [1.165, 1.54) is 12.1 Å². The molecule has 8 heteroatoms. The Hall–Kier alpha value is -3.03. The number of amides is 2. The summed E-state index contributed by atoms with van der Waals surface area (Å²) in [4.78, 5) is 31.4. The molecule has 0 aliphatic heterocycles. The van der Waals surface area contributed by atoms with Crippen LogP contribution in [0.15, 0.2) is 42.7 Å². The van der Waals surface area contributed by atoms with Crippen molar-refractivity contribution in [3.05, 3.63) is 54.1 Å². The van der Waals surface area contributed by atoms with E-state index >= 15 is 0 Å². The first-order valence-electron chi connectivity index (χ1n) is 7.86. The van der Waals surface area contributed by atoms with Gasteiger partial charge in [-0.2, -0.15) is 0 Å². The Kier molecular flexibility index (Phi) is 6.82. The topological polar surface area (TPSA) is 110 Å². The molecular weight excluding hydrogens is 325 g/mol. The minimum Gasteiger partial charge on any atom is -0.369 e. The lowest BCUT2D eigenvalue weighted by Gasteiger charge is -2.14. The van der Waals surface area contributed by atoms with Crippen molar-refractivity contribution in [2.45, 2.75) is 12.8 Å². The summed E-state index contributed by atoms with van der Waals surface area (Å²) in [6.45, 7) is 0.502. The maximum atomic E-state index is 12.9. The van der Waals surface area contributed by atoms with Gasteiger partial charge in [0, 0.05) is 31.9 Å². The standard InChI is InChI=1S/C17H20FN5O2/c18-14-4-2-12(3-5-14)10-13(16(19)25)11-23-15(24)6-9-22-17-20-7-1-8-21-17/h1-5,7-8,13H,6,9-11H2,(H2,19,25)(H,23,24)(H,20,21,22)/t13-/m0/s1. The lowest BCUT2D eigenvalue weighted by atomic mass is 9.98. The van der Waals surface area contributed by atoms with Crippen molar-refractivity contribution in [3.8, 4) is 0 Å². The summed E-state index contributed by atoms with van der Waals surface area (Å²) in [7, 11) is 0. The van der Waals surface area contributed by atoms with Crippen LogP contribution in [0.5, 0.6) is 0 Å². The van der Waals surface area contributed by atoms with Crippen molar-refractivity contribution in [2.24, 2.45) is 11.7 Å². The van der Waals surface area contributed by atoms with Gasteiger partial charge in [0.2, 0.25) is 17.8 Å². The molecule has 0 radical (unpaired) electrons. The Balaban J connectivity index is 1.75. The van der Waals surface area contributed by atoms with Crippen molar-refractivity contribution < 1.29 is 14.0 Å². The SMILES string of the molecule is NC(=O)[C@H](CNC(=O)CCNc1ncccn1)Cc1ccc(F)cc1. The lowest BCUT2D eigenvalue weighted by Crippen LogP contribution is -2.37. The number of halogens is 1. The minimum atomic E-state index is -0.556. The summed E-state index contributed by atoms with van der Waals surface area (Å²) in [5.41, 5.74) is 6.16. The molecule has 1 heterocycles. The number of rotatable bonds is 9. The summed E-state index contributed by atoms with van der Waals surface area (Å²) in [5, 5.41) is 5.61. The normalized spacial score (nSPS) is 11.6. The highest BCUT2D eigenvalue weighted by atomic mass is 19.1. The van der Waals surface area contributed by atoms with Gasteiger partial charge in [-0.15, -0.1) is 0 Å². The monoisotopic (exact) mass is 345 g/mol. The molecule has 2 aromatic rings. The number of hydrogen-bond acceptors (Lipinski definition) is 5. The van der Waals surface area contributed by atoms with E-state index in [2.05, 4.69) is 20.6 Å². The number of primary amides is 1. The van der Waals surface area contributed by atoms with Crippen LogP contribution in [0.3, 0.4) is 0 Å². The molecule has 132 valence electrons. The van der Waals surface area contributed by atoms with Gasteiger partial charge in [0.25, 0.3) is 0 Å². The third kappa shape index (κ3) is 6.54. The van der Waals surface area contributed by atoms with E-state index in [0.717, 1.165) is 5.56 Å². The second kappa shape index (κ2) is 9.31. The number of nitrogens with two attached hydrogens (primary N) is 1. The molecule has 0 spiro atoms. The third-order valence-corrected chi connectivity index (χ3v) is 3.54. The zero-order valence-corrected chi connectivity index (χ0v) is 13.6. The Morgan fingerprint density at radius 1 is 1.16 bits per heavy atom. The highest BCUT2D eigenvalue weighted by Crippen LogP contribution is 2.09. The van der Waals surface area contributed by atoms with Crippen LogP contribution in [-0.2, 0) is 16.0 Å². The first-order valence-corrected chi connectivity index (χ1v) is 7.86. The Morgan fingerprint density at radius 3 is 2.48 bits per heavy atom. The highest BCUT2D eigenvalue weighted by molar-refractivity contribution is 5.80. The van der Waals surface area contributed by atoms with Gasteiger partial charge in [-0.05, 0) is 30.2 Å². The van der Waals surface area contributed by atoms with E-state index in [1.54, 1.807) is 30.6 Å². The number of nitrogens with zero attached hydrogens (tertiary/aromatic N) is 2. The summed E-state index contributed by atoms with van der Waals surface area (Å²) in [6.07, 6.45) is 3.75. The van der Waals surface area contributed by atoms with E-state index in [4.69, 9.17) is 5.73 Å². The van der Waals surface area contributed by atoms with E-state index in [0.29, 0.717) is 18.9 Å². The minimum absolute atomic E-state index is 0.132. The van der Waals surface area contributed by atoms with Crippen LogP contribution in [-0.4, -0.2) is 34.9 Å². The van der Waals surface area contributed by atoms with E-state index in [9.17, 15) is 14.0 Å². The van der Waals surface area contributed by atoms with Gasteiger partial charge < -0.3 is 16.4 Å². The van der Waals surface area contributed by atoms with Crippen LogP contribution in [0.4, 0.5) is 10.3 Å². The molecule has 2 amide bonds. The molecular formula is C17H20FN5O2. The van der Waals surface area contributed by atoms with Gasteiger partial charge in [-0.3, -0.25) is 9.59 Å². The first-order chi connectivity index (χ1) is 12.0. The third-order valence-electron chi connectivity index (χ3n) is 3.54. The van der Waals surface area contributed by atoms with Crippen LogP contribution < -0.4 is 16.4 Å². The number of anilines is 1. The Labute approximate surface area is 144 Å². The van der Waals surface area contributed by atoms with E-state index in [-0.39, 0.29) is 24.7 Å². The Bertz CT molecular complexity index is 694. The van der Waals surface area contributed by atoms with Gasteiger partial charge in [-0.1, -0.05) is 12.1 Å². The zero-order valence-electron chi connectivity index (χ0n) is 13.6. The molecule has 1 aromatic heterocycles. The largest absolute Gasteiger partial charge is 0.369 e. The quantitative estimate of drug-likeness (QED) is 0.625. The van der Waals surface area contributed by atoms with Gasteiger partial charge >= 0.3 is 0 Å². The summed E-state index contributed by atoms with van der Waals surface area (Å²) in [6, 6.07) is 7.53. The smallest absolute Gasteiger partial charge is 0.222 e. The van der Waals surface area contributed by atoms with Gasteiger partial charge in [0.15, 0.2) is 0 Å². The fourth-order valence-electron chi connectivity index (χ4n) is 2.18. The van der Waals surface area contributed by atoms with Crippen LogP contribution in [0.1, 0.15) is 12.0 Å². The second-order valence-electron chi connectivity index (χ2n) is 5.48. The van der Waals surface area contributed by atoms with Crippen molar-refractivity contribution in [1.29, 1.82) is 0 Å². The molecule has 0 aliphatic rings. The highest BCUT2D eigenvalue weighted by Gasteiger charge is 2.17. The summed E-state index contributed by atoms with van der Waals surface area (Å²) < 4.78 is 12.9. The molecule has 25 heavy (non-hydrogen) atoms. The molecule has 4 N–H and O–H groups in total. The fourth-order valence-corrected chi connectivity index (χ4v) is 2.18. The number of hydrogen-bond donors (Lipinski definition) is 3.